The van der Waals surface area contributed by atoms with E-state index in [0.29, 0.717) is 0 Å². The van der Waals surface area contributed by atoms with Gasteiger partial charge in [-0.2, -0.15) is 0 Å². The molecule has 1 heterocycles. The number of unbranched alkanes of at least 4 members (excludes halogenated alkanes) is 10. The molecule has 1 aromatic carbocycles. The highest BCUT2D eigenvalue weighted by Gasteiger charge is 2.10. The Bertz CT molecular complexity index is 633. The van der Waals surface area contributed by atoms with E-state index in [-0.39, 0.29) is 0 Å². The molecule has 0 spiro atoms. The molecule has 0 aliphatic carbocycles. The number of rotatable bonds is 16. The Morgan fingerprint density at radius 1 is 0.786 bits per heavy atom. The maximum atomic E-state index is 4.44. The van der Waals surface area contributed by atoms with Crippen LogP contribution in [0.15, 0.2) is 18.2 Å². The molecule has 0 aliphatic rings. The van der Waals surface area contributed by atoms with E-state index >= 15 is 0 Å². The van der Waals surface area contributed by atoms with Crippen LogP contribution in [0.1, 0.15) is 96.5 Å². The van der Waals surface area contributed by atoms with Crippen molar-refractivity contribution in [2.45, 2.75) is 104 Å². The molecule has 0 saturated heterocycles. The first-order valence-electron chi connectivity index (χ1n) is 11.8. The van der Waals surface area contributed by atoms with Crippen molar-refractivity contribution in [2.24, 2.45) is 0 Å². The van der Waals surface area contributed by atoms with E-state index in [2.05, 4.69) is 58.9 Å². The number of hydrogen-bond donors (Lipinski definition) is 0. The first-order chi connectivity index (χ1) is 13.7. The van der Waals surface area contributed by atoms with Gasteiger partial charge in [0, 0.05) is 0 Å². The van der Waals surface area contributed by atoms with E-state index in [1.54, 1.807) is 0 Å². The van der Waals surface area contributed by atoms with Crippen LogP contribution in [-0.2, 0) is 6.67 Å². The Morgan fingerprint density at radius 2 is 1.36 bits per heavy atom. The van der Waals surface area contributed by atoms with Gasteiger partial charge in [0.05, 0.1) is 12.2 Å². The molecule has 4 nitrogen and oxygen atoms in total. The van der Waals surface area contributed by atoms with Gasteiger partial charge in [0.2, 0.25) is 0 Å². The predicted octanol–water partition coefficient (Wildman–Crippen LogP) is 6.72. The van der Waals surface area contributed by atoms with Gasteiger partial charge in [-0.3, -0.25) is 4.90 Å². The fraction of sp³-hybridized carbons (Fsp3) is 0.750. The Hall–Kier alpha value is -1.42. The summed E-state index contributed by atoms with van der Waals surface area (Å²) < 4.78 is 2.09. The zero-order chi connectivity index (χ0) is 20.0. The van der Waals surface area contributed by atoms with Gasteiger partial charge in [-0.1, -0.05) is 89.3 Å². The van der Waals surface area contributed by atoms with Crippen molar-refractivity contribution in [1.29, 1.82) is 0 Å². The van der Waals surface area contributed by atoms with Crippen molar-refractivity contribution in [2.75, 3.05) is 13.1 Å². The Kier molecular flexibility index (Phi) is 11.2. The van der Waals surface area contributed by atoms with Crippen LogP contribution in [0.4, 0.5) is 0 Å². The van der Waals surface area contributed by atoms with E-state index < -0.39 is 0 Å². The third kappa shape index (κ3) is 8.30. The van der Waals surface area contributed by atoms with Crippen LogP contribution in [0, 0.1) is 6.92 Å². The lowest BCUT2D eigenvalue weighted by molar-refractivity contribution is 0.199. The molecule has 0 aliphatic heterocycles. The Morgan fingerprint density at radius 3 is 1.96 bits per heavy atom. The molecule has 0 amide bonds. The van der Waals surface area contributed by atoms with Crippen molar-refractivity contribution in [1.82, 2.24) is 19.9 Å². The van der Waals surface area contributed by atoms with Crippen molar-refractivity contribution in [3.8, 4) is 0 Å². The molecule has 0 bridgehead atoms. The molecule has 0 N–H and O–H groups in total. The van der Waals surface area contributed by atoms with E-state index in [1.165, 1.54) is 95.7 Å². The summed E-state index contributed by atoms with van der Waals surface area (Å²) in [6, 6.07) is 6.46. The molecule has 0 atom stereocenters. The average Bonchev–Trinajstić information content (AvgIpc) is 3.08. The number of aryl methyl sites for hydroxylation is 1. The van der Waals surface area contributed by atoms with Crippen molar-refractivity contribution in [3.63, 3.8) is 0 Å². The molecule has 1 aromatic heterocycles. The molecule has 0 saturated carbocycles. The summed E-state index contributed by atoms with van der Waals surface area (Å²) in [5, 5.41) is 8.82. The van der Waals surface area contributed by atoms with Crippen molar-refractivity contribution in [3.05, 3.63) is 23.8 Å². The second-order valence-electron chi connectivity index (χ2n) is 8.38. The highest BCUT2D eigenvalue weighted by atomic mass is 15.5. The molecule has 0 unspecified atom stereocenters. The molecule has 0 radical (unpaired) electrons. The number of aromatic nitrogens is 3. The van der Waals surface area contributed by atoms with Crippen LogP contribution < -0.4 is 0 Å². The summed E-state index contributed by atoms with van der Waals surface area (Å²) in [6.45, 7) is 9.90. The lowest BCUT2D eigenvalue weighted by Gasteiger charge is -2.22. The standard InChI is InChI=1S/C24H42N4/c1-4-6-8-10-12-14-18-27(19-15-13-11-9-7-5-2)21-28-24-17-16-22(3)20-23(24)25-26-28/h16-17,20H,4-15,18-19,21H2,1-3H3. The van der Waals surface area contributed by atoms with E-state index in [9.17, 15) is 0 Å². The van der Waals surface area contributed by atoms with Gasteiger partial charge < -0.3 is 0 Å². The predicted molar refractivity (Wildman–Crippen MR) is 121 cm³/mol. The third-order valence-corrected chi connectivity index (χ3v) is 5.66. The van der Waals surface area contributed by atoms with Gasteiger partial charge in [0.15, 0.2) is 0 Å². The number of hydrogen-bond acceptors (Lipinski definition) is 3. The largest absolute Gasteiger partial charge is 0.284 e. The van der Waals surface area contributed by atoms with Crippen molar-refractivity contribution >= 4 is 11.0 Å². The van der Waals surface area contributed by atoms with Gasteiger partial charge in [0.1, 0.15) is 5.52 Å². The summed E-state index contributed by atoms with van der Waals surface area (Å²) in [4.78, 5) is 2.59. The Balaban J connectivity index is 1.84. The quantitative estimate of drug-likeness (QED) is 0.300. The number of fused-ring (bicyclic) bond motifs is 1. The fourth-order valence-corrected chi connectivity index (χ4v) is 3.86. The van der Waals surface area contributed by atoms with Gasteiger partial charge in [-0.05, 0) is 50.6 Å². The van der Waals surface area contributed by atoms with Crippen LogP contribution in [0.2, 0.25) is 0 Å². The summed E-state index contributed by atoms with van der Waals surface area (Å²) in [6.07, 6.45) is 16.2. The van der Waals surface area contributed by atoms with Crippen molar-refractivity contribution < 1.29 is 0 Å². The molecule has 2 aromatic rings. The zero-order valence-corrected chi connectivity index (χ0v) is 18.6. The maximum absolute atomic E-state index is 4.44. The van der Waals surface area contributed by atoms with E-state index in [1.807, 2.05) is 0 Å². The molecule has 0 fully saturated rings. The normalized spacial score (nSPS) is 11.7. The minimum atomic E-state index is 0.865. The van der Waals surface area contributed by atoms with Gasteiger partial charge >= 0.3 is 0 Å². The third-order valence-electron chi connectivity index (χ3n) is 5.66. The first kappa shape index (κ1) is 22.9. The van der Waals surface area contributed by atoms with Crippen LogP contribution in [0.25, 0.3) is 11.0 Å². The number of benzene rings is 1. The first-order valence-corrected chi connectivity index (χ1v) is 11.8. The number of nitrogens with zero attached hydrogens (tertiary/aromatic N) is 4. The van der Waals surface area contributed by atoms with Crippen LogP contribution in [0.5, 0.6) is 0 Å². The molecule has 158 valence electrons. The summed E-state index contributed by atoms with van der Waals surface area (Å²) >= 11 is 0. The highest BCUT2D eigenvalue weighted by molar-refractivity contribution is 5.74. The topological polar surface area (TPSA) is 34.0 Å². The molecule has 4 heteroatoms. The minimum Gasteiger partial charge on any atom is -0.284 e. The van der Waals surface area contributed by atoms with Crippen LogP contribution in [-0.4, -0.2) is 33.0 Å². The highest BCUT2D eigenvalue weighted by Crippen LogP contribution is 2.15. The second kappa shape index (κ2) is 13.7. The zero-order valence-electron chi connectivity index (χ0n) is 18.6. The Labute approximate surface area is 172 Å². The van der Waals surface area contributed by atoms with Crippen LogP contribution >= 0.6 is 0 Å². The average molecular weight is 387 g/mol. The van der Waals surface area contributed by atoms with E-state index in [4.69, 9.17) is 0 Å². The summed E-state index contributed by atoms with van der Waals surface area (Å²) in [5.41, 5.74) is 3.41. The molecular weight excluding hydrogens is 344 g/mol. The monoisotopic (exact) mass is 386 g/mol. The smallest absolute Gasteiger partial charge is 0.113 e. The minimum absolute atomic E-state index is 0.865. The maximum Gasteiger partial charge on any atom is 0.113 e. The summed E-state index contributed by atoms with van der Waals surface area (Å²) in [5.74, 6) is 0. The van der Waals surface area contributed by atoms with Gasteiger partial charge in [-0.25, -0.2) is 4.68 Å². The summed E-state index contributed by atoms with van der Waals surface area (Å²) in [7, 11) is 0. The second-order valence-corrected chi connectivity index (χ2v) is 8.38. The fourth-order valence-electron chi connectivity index (χ4n) is 3.86. The molecular formula is C24H42N4. The lowest BCUT2D eigenvalue weighted by Crippen LogP contribution is -2.29. The molecule has 28 heavy (non-hydrogen) atoms. The van der Waals surface area contributed by atoms with Gasteiger partial charge in [-0.15, -0.1) is 5.10 Å². The van der Waals surface area contributed by atoms with E-state index in [0.717, 1.165) is 17.7 Å². The lowest BCUT2D eigenvalue weighted by atomic mass is 10.1. The SMILES string of the molecule is CCCCCCCCN(CCCCCCCC)Cn1nnc2cc(C)ccc21. The molecule has 2 rings (SSSR count). The van der Waals surface area contributed by atoms with Crippen LogP contribution in [0.3, 0.4) is 0 Å². The van der Waals surface area contributed by atoms with Gasteiger partial charge in [0.25, 0.3) is 0 Å².